The summed E-state index contributed by atoms with van der Waals surface area (Å²) in [7, 11) is -3.46. The predicted octanol–water partition coefficient (Wildman–Crippen LogP) is 2.41. The average Bonchev–Trinajstić information content (AvgIpc) is 2.79. The van der Waals surface area contributed by atoms with Crippen LogP contribution in [0.1, 0.15) is 36.5 Å². The van der Waals surface area contributed by atoms with Gasteiger partial charge in [0.05, 0.1) is 4.90 Å². The van der Waals surface area contributed by atoms with Crippen molar-refractivity contribution < 1.29 is 18.0 Å². The lowest BCUT2D eigenvalue weighted by atomic mass is 9.98. The normalized spacial score (nSPS) is 16.4. The summed E-state index contributed by atoms with van der Waals surface area (Å²) in [5.41, 5.74) is 0.562. The zero-order chi connectivity index (χ0) is 22.3. The van der Waals surface area contributed by atoms with E-state index in [0.717, 1.165) is 0 Å². The molecule has 0 radical (unpaired) electrons. The molecule has 31 heavy (non-hydrogen) atoms. The lowest BCUT2D eigenvalue weighted by Gasteiger charge is -2.31. The number of benzene rings is 2. The summed E-state index contributed by atoms with van der Waals surface area (Å²) in [6, 6.07) is 17.1. The Balaban J connectivity index is 1.39. The van der Waals surface area contributed by atoms with E-state index in [2.05, 4.69) is 10.6 Å². The summed E-state index contributed by atoms with van der Waals surface area (Å²) in [6.07, 6.45) is 1.60. The van der Waals surface area contributed by atoms with Gasteiger partial charge < -0.3 is 10.6 Å². The van der Waals surface area contributed by atoms with Crippen molar-refractivity contribution in [1.29, 1.82) is 0 Å². The molecule has 1 heterocycles. The molecule has 7 nitrogen and oxygen atoms in total. The van der Waals surface area contributed by atoms with Gasteiger partial charge in [-0.25, -0.2) is 8.42 Å². The zero-order valence-corrected chi connectivity index (χ0v) is 18.5. The van der Waals surface area contributed by atoms with Crippen LogP contribution in [0.4, 0.5) is 0 Å². The summed E-state index contributed by atoms with van der Waals surface area (Å²) in [4.78, 5) is 24.7. The fourth-order valence-corrected chi connectivity index (χ4v) is 5.14. The highest BCUT2D eigenvalue weighted by atomic mass is 32.2. The molecule has 3 rings (SSSR count). The Bertz CT molecular complexity index is 972. The Morgan fingerprint density at radius 3 is 2.19 bits per heavy atom. The fraction of sp³-hybridized carbons (Fsp3) is 0.391. The molecule has 0 spiro atoms. The third kappa shape index (κ3) is 6.38. The molecule has 166 valence electrons. The van der Waals surface area contributed by atoms with Gasteiger partial charge in [0.25, 0.3) is 5.91 Å². The number of nitrogens with zero attached hydrogens (tertiary/aromatic N) is 1. The van der Waals surface area contributed by atoms with Gasteiger partial charge in [-0.2, -0.15) is 4.31 Å². The molecule has 1 saturated heterocycles. The molecule has 1 fully saturated rings. The van der Waals surface area contributed by atoms with Crippen LogP contribution < -0.4 is 10.6 Å². The molecule has 0 aliphatic carbocycles. The van der Waals surface area contributed by atoms with Crippen LogP contribution >= 0.6 is 0 Å². The maximum absolute atomic E-state index is 12.7. The van der Waals surface area contributed by atoms with Gasteiger partial charge in [-0.3, -0.25) is 9.59 Å². The first-order chi connectivity index (χ1) is 14.9. The molecule has 0 aromatic heterocycles. The monoisotopic (exact) mass is 443 g/mol. The topological polar surface area (TPSA) is 95.6 Å². The second kappa shape index (κ2) is 10.5. The van der Waals surface area contributed by atoms with Crippen molar-refractivity contribution in [2.45, 2.75) is 37.1 Å². The number of sulfonamides is 1. The van der Waals surface area contributed by atoms with Crippen LogP contribution in [-0.4, -0.2) is 50.2 Å². The Morgan fingerprint density at radius 1 is 1.00 bits per heavy atom. The predicted molar refractivity (Wildman–Crippen MR) is 119 cm³/mol. The van der Waals surface area contributed by atoms with E-state index < -0.39 is 10.0 Å². The summed E-state index contributed by atoms with van der Waals surface area (Å²) >= 11 is 0. The van der Waals surface area contributed by atoms with Gasteiger partial charge in [-0.05, 0) is 49.9 Å². The second-order valence-corrected chi connectivity index (χ2v) is 9.85. The summed E-state index contributed by atoms with van der Waals surface area (Å²) in [5.74, 6) is -0.0894. The van der Waals surface area contributed by atoms with Crippen molar-refractivity contribution in [2.24, 2.45) is 5.92 Å². The first kappa shape index (κ1) is 23.0. The van der Waals surface area contributed by atoms with Gasteiger partial charge in [0.15, 0.2) is 0 Å². The first-order valence-electron chi connectivity index (χ1n) is 10.5. The molecule has 2 aromatic carbocycles. The highest BCUT2D eigenvalue weighted by molar-refractivity contribution is 7.89. The van der Waals surface area contributed by atoms with E-state index >= 15 is 0 Å². The average molecular weight is 444 g/mol. The maximum atomic E-state index is 12.7. The molecule has 0 saturated carbocycles. The van der Waals surface area contributed by atoms with Crippen molar-refractivity contribution >= 4 is 21.8 Å². The number of carbonyl (C=O) groups excluding carboxylic acids is 2. The largest absolute Gasteiger partial charge is 0.356 e. The molecular weight excluding hydrogens is 414 g/mol. The van der Waals surface area contributed by atoms with Gasteiger partial charge in [0.1, 0.15) is 0 Å². The highest BCUT2D eigenvalue weighted by Crippen LogP contribution is 2.23. The molecule has 2 amide bonds. The van der Waals surface area contributed by atoms with E-state index in [1.54, 1.807) is 61.5 Å². The Kier molecular flexibility index (Phi) is 7.81. The standard InChI is InChI=1S/C23H29N3O4S/c1-18(25-23(28)20-8-4-2-5-9-20)16-22(27)24-17-19-12-14-26(15-13-19)31(29,30)21-10-6-3-7-11-21/h2-11,18-19H,12-17H2,1H3,(H,24,27)(H,25,28). The summed E-state index contributed by atoms with van der Waals surface area (Å²) < 4.78 is 26.9. The van der Waals surface area contributed by atoms with Crippen molar-refractivity contribution in [2.75, 3.05) is 19.6 Å². The molecule has 8 heteroatoms. The van der Waals surface area contributed by atoms with E-state index in [9.17, 15) is 18.0 Å². The van der Waals surface area contributed by atoms with Crippen LogP contribution in [0.2, 0.25) is 0 Å². The van der Waals surface area contributed by atoms with Gasteiger partial charge in [0, 0.05) is 37.7 Å². The third-order valence-corrected chi connectivity index (χ3v) is 7.36. The molecule has 1 aliphatic heterocycles. The number of rotatable bonds is 8. The van der Waals surface area contributed by atoms with Crippen molar-refractivity contribution in [3.8, 4) is 0 Å². The molecule has 1 atom stereocenters. The van der Waals surface area contributed by atoms with Gasteiger partial charge in [-0.1, -0.05) is 36.4 Å². The number of amides is 2. The zero-order valence-electron chi connectivity index (χ0n) is 17.7. The smallest absolute Gasteiger partial charge is 0.251 e. The Labute approximate surface area is 183 Å². The highest BCUT2D eigenvalue weighted by Gasteiger charge is 2.29. The summed E-state index contributed by atoms with van der Waals surface area (Å²) in [6.45, 7) is 3.20. The minimum atomic E-state index is -3.46. The molecular formula is C23H29N3O4S. The van der Waals surface area contributed by atoms with Crippen molar-refractivity contribution in [3.05, 3.63) is 66.2 Å². The van der Waals surface area contributed by atoms with E-state index in [4.69, 9.17) is 0 Å². The van der Waals surface area contributed by atoms with Gasteiger partial charge in [0.2, 0.25) is 15.9 Å². The lowest BCUT2D eigenvalue weighted by molar-refractivity contribution is -0.121. The van der Waals surface area contributed by atoms with E-state index in [0.29, 0.717) is 42.9 Å². The molecule has 1 aliphatic rings. The van der Waals surface area contributed by atoms with Crippen LogP contribution in [-0.2, 0) is 14.8 Å². The minimum absolute atomic E-state index is 0.125. The number of hydrogen-bond acceptors (Lipinski definition) is 4. The van der Waals surface area contributed by atoms with Crippen molar-refractivity contribution in [3.63, 3.8) is 0 Å². The third-order valence-electron chi connectivity index (χ3n) is 5.45. The molecule has 2 aromatic rings. The SMILES string of the molecule is CC(CC(=O)NCC1CCN(S(=O)(=O)c2ccccc2)CC1)NC(=O)c1ccccc1. The quantitative estimate of drug-likeness (QED) is 0.655. The number of nitrogens with one attached hydrogen (secondary N) is 2. The van der Waals surface area contributed by atoms with Crippen LogP contribution in [0.3, 0.4) is 0 Å². The number of hydrogen-bond donors (Lipinski definition) is 2. The van der Waals surface area contributed by atoms with E-state index in [1.165, 1.54) is 4.31 Å². The Hall–Kier alpha value is -2.71. The van der Waals surface area contributed by atoms with Crippen LogP contribution in [0.5, 0.6) is 0 Å². The molecule has 1 unspecified atom stereocenters. The molecule has 0 bridgehead atoms. The van der Waals surface area contributed by atoms with Crippen LogP contribution in [0.25, 0.3) is 0 Å². The van der Waals surface area contributed by atoms with Gasteiger partial charge in [-0.15, -0.1) is 0 Å². The first-order valence-corrected chi connectivity index (χ1v) is 12.0. The van der Waals surface area contributed by atoms with Crippen LogP contribution in [0, 0.1) is 5.92 Å². The number of carbonyl (C=O) groups is 2. The van der Waals surface area contributed by atoms with E-state index in [-0.39, 0.29) is 30.2 Å². The summed E-state index contributed by atoms with van der Waals surface area (Å²) in [5, 5.41) is 5.75. The van der Waals surface area contributed by atoms with E-state index in [1.807, 2.05) is 6.07 Å². The minimum Gasteiger partial charge on any atom is -0.356 e. The Morgan fingerprint density at radius 2 is 1.58 bits per heavy atom. The lowest BCUT2D eigenvalue weighted by Crippen LogP contribution is -2.42. The molecule has 2 N–H and O–H groups in total. The number of piperidine rings is 1. The maximum Gasteiger partial charge on any atom is 0.251 e. The van der Waals surface area contributed by atoms with Crippen LogP contribution in [0.15, 0.2) is 65.6 Å². The second-order valence-electron chi connectivity index (χ2n) is 7.91. The van der Waals surface area contributed by atoms with Crippen molar-refractivity contribution in [1.82, 2.24) is 14.9 Å². The fourth-order valence-electron chi connectivity index (χ4n) is 3.65. The van der Waals surface area contributed by atoms with Gasteiger partial charge >= 0.3 is 0 Å².